The molecule has 0 aliphatic carbocycles. The van der Waals surface area contributed by atoms with Crippen LogP contribution in [0.1, 0.15) is 39.9 Å². The van der Waals surface area contributed by atoms with Crippen molar-refractivity contribution in [2.24, 2.45) is 5.92 Å². The van der Waals surface area contributed by atoms with Crippen molar-refractivity contribution in [3.05, 3.63) is 64.5 Å². The smallest absolute Gasteiger partial charge is 0.309 e. The van der Waals surface area contributed by atoms with Gasteiger partial charge in [-0.1, -0.05) is 17.7 Å². The van der Waals surface area contributed by atoms with Crippen molar-refractivity contribution in [2.45, 2.75) is 33.6 Å². The van der Waals surface area contributed by atoms with E-state index in [-0.39, 0.29) is 24.3 Å². The Morgan fingerprint density at radius 3 is 2.19 bits per heavy atom. The first-order valence-electron chi connectivity index (χ1n) is 10.3. The van der Waals surface area contributed by atoms with Crippen molar-refractivity contribution in [1.82, 2.24) is 4.90 Å². The number of anilines is 1. The first-order chi connectivity index (χ1) is 14.7. The third kappa shape index (κ3) is 5.69. The van der Waals surface area contributed by atoms with Gasteiger partial charge in [-0.3, -0.25) is 14.4 Å². The van der Waals surface area contributed by atoms with Crippen molar-refractivity contribution in [2.75, 3.05) is 25.0 Å². The average Bonchev–Trinajstić information content (AvgIpc) is 2.74. The van der Waals surface area contributed by atoms with Crippen molar-refractivity contribution < 1.29 is 23.5 Å². The zero-order chi connectivity index (χ0) is 22.5. The Kier molecular flexibility index (Phi) is 7.05. The van der Waals surface area contributed by atoms with Gasteiger partial charge in [0.25, 0.3) is 11.8 Å². The zero-order valence-corrected chi connectivity index (χ0v) is 18.0. The maximum absolute atomic E-state index is 13.0. The number of hydrogen-bond donors (Lipinski definition) is 1. The van der Waals surface area contributed by atoms with Crippen LogP contribution in [0.2, 0.25) is 0 Å². The lowest BCUT2D eigenvalue weighted by molar-refractivity contribution is -0.152. The van der Waals surface area contributed by atoms with Gasteiger partial charge in [0, 0.05) is 24.3 Å². The molecule has 1 heterocycles. The van der Waals surface area contributed by atoms with Crippen LogP contribution < -0.4 is 5.32 Å². The summed E-state index contributed by atoms with van der Waals surface area (Å²) in [6.07, 6.45) is 0.924. The Balaban J connectivity index is 1.46. The number of aryl methyl sites for hydroxylation is 3. The molecular formula is C24H27FN2O4. The summed E-state index contributed by atoms with van der Waals surface area (Å²) in [5.41, 5.74) is 4.18. The minimum atomic E-state index is -0.429. The summed E-state index contributed by atoms with van der Waals surface area (Å²) in [5.74, 6) is -1.74. The number of rotatable bonds is 5. The van der Waals surface area contributed by atoms with Gasteiger partial charge in [-0.15, -0.1) is 0 Å². The molecule has 7 heteroatoms. The van der Waals surface area contributed by atoms with Crippen LogP contribution in [-0.4, -0.2) is 42.4 Å². The maximum atomic E-state index is 13.0. The number of piperidine rings is 1. The quantitative estimate of drug-likeness (QED) is 0.739. The molecule has 0 radical (unpaired) electrons. The van der Waals surface area contributed by atoms with E-state index >= 15 is 0 Å². The standard InChI is InChI=1S/C24H27FN2O4/c1-15-12-16(2)22(17(3)13-15)26-21(28)14-31-24(30)19-8-10-27(11-9-19)23(29)18-4-6-20(25)7-5-18/h4-7,12-13,19H,8-11,14H2,1-3H3,(H,26,28). The van der Waals surface area contributed by atoms with E-state index in [2.05, 4.69) is 5.32 Å². The van der Waals surface area contributed by atoms with Crippen LogP contribution in [0.4, 0.5) is 10.1 Å². The van der Waals surface area contributed by atoms with Gasteiger partial charge in [-0.25, -0.2) is 4.39 Å². The number of carbonyl (C=O) groups excluding carboxylic acids is 3. The van der Waals surface area contributed by atoms with Gasteiger partial charge in [0.05, 0.1) is 5.92 Å². The molecular weight excluding hydrogens is 399 g/mol. The number of nitrogens with one attached hydrogen (secondary N) is 1. The second kappa shape index (κ2) is 9.73. The number of benzene rings is 2. The predicted octanol–water partition coefficient (Wildman–Crippen LogP) is 3.79. The van der Waals surface area contributed by atoms with E-state index in [1.807, 2.05) is 32.9 Å². The van der Waals surface area contributed by atoms with E-state index in [1.165, 1.54) is 24.3 Å². The fraction of sp³-hybridized carbons (Fsp3) is 0.375. The third-order valence-electron chi connectivity index (χ3n) is 5.49. The Morgan fingerprint density at radius 1 is 1.03 bits per heavy atom. The number of amides is 2. The Labute approximate surface area is 181 Å². The van der Waals surface area contributed by atoms with Crippen molar-refractivity contribution >= 4 is 23.5 Å². The minimum absolute atomic E-state index is 0.185. The summed E-state index contributed by atoms with van der Waals surface area (Å²) in [6.45, 7) is 6.30. The Bertz CT molecular complexity index is 957. The third-order valence-corrected chi connectivity index (χ3v) is 5.49. The molecule has 2 amide bonds. The minimum Gasteiger partial charge on any atom is -0.455 e. The molecule has 0 atom stereocenters. The topological polar surface area (TPSA) is 75.7 Å². The molecule has 164 valence electrons. The van der Waals surface area contributed by atoms with Gasteiger partial charge >= 0.3 is 5.97 Å². The molecule has 6 nitrogen and oxygen atoms in total. The van der Waals surface area contributed by atoms with Gasteiger partial charge in [0.1, 0.15) is 5.82 Å². The SMILES string of the molecule is Cc1cc(C)c(NC(=O)COC(=O)C2CCN(C(=O)c3ccc(F)cc3)CC2)c(C)c1. The Morgan fingerprint density at radius 2 is 1.61 bits per heavy atom. The number of likely N-dealkylation sites (tertiary alicyclic amines) is 1. The molecule has 31 heavy (non-hydrogen) atoms. The lowest BCUT2D eigenvalue weighted by Crippen LogP contribution is -2.41. The van der Waals surface area contributed by atoms with Gasteiger partial charge in [0.15, 0.2) is 6.61 Å². The second-order valence-electron chi connectivity index (χ2n) is 8.00. The molecule has 1 aliphatic heterocycles. The second-order valence-corrected chi connectivity index (χ2v) is 8.00. The maximum Gasteiger partial charge on any atom is 0.309 e. The van der Waals surface area contributed by atoms with Crippen LogP contribution in [0.5, 0.6) is 0 Å². The summed E-state index contributed by atoms with van der Waals surface area (Å²) in [7, 11) is 0. The average molecular weight is 426 g/mol. The highest BCUT2D eigenvalue weighted by molar-refractivity contribution is 5.95. The summed E-state index contributed by atoms with van der Waals surface area (Å²) in [4.78, 5) is 38.7. The van der Waals surface area contributed by atoms with Crippen LogP contribution in [0, 0.1) is 32.5 Å². The summed E-state index contributed by atoms with van der Waals surface area (Å²) in [5, 5.41) is 2.81. The van der Waals surface area contributed by atoms with E-state index in [0.717, 1.165) is 22.4 Å². The first kappa shape index (κ1) is 22.5. The molecule has 1 N–H and O–H groups in total. The fourth-order valence-electron chi connectivity index (χ4n) is 3.90. The van der Waals surface area contributed by atoms with E-state index in [4.69, 9.17) is 4.74 Å². The van der Waals surface area contributed by atoms with Gasteiger partial charge < -0.3 is 15.0 Å². The van der Waals surface area contributed by atoms with E-state index in [9.17, 15) is 18.8 Å². The summed E-state index contributed by atoms with van der Waals surface area (Å²) < 4.78 is 18.3. The number of halogens is 1. The molecule has 2 aromatic carbocycles. The summed E-state index contributed by atoms with van der Waals surface area (Å²) >= 11 is 0. The Hall–Kier alpha value is -3.22. The molecule has 0 aromatic heterocycles. The fourth-order valence-corrected chi connectivity index (χ4v) is 3.90. The van der Waals surface area contributed by atoms with E-state index < -0.39 is 11.8 Å². The lowest BCUT2D eigenvalue weighted by atomic mass is 9.96. The van der Waals surface area contributed by atoms with Crippen molar-refractivity contribution in [1.29, 1.82) is 0 Å². The van der Waals surface area contributed by atoms with Gasteiger partial charge in [-0.2, -0.15) is 0 Å². The number of carbonyl (C=O) groups is 3. The predicted molar refractivity (Wildman–Crippen MR) is 115 cm³/mol. The first-order valence-corrected chi connectivity index (χ1v) is 10.3. The highest BCUT2D eigenvalue weighted by Gasteiger charge is 2.29. The lowest BCUT2D eigenvalue weighted by Gasteiger charge is -2.31. The molecule has 3 rings (SSSR count). The van der Waals surface area contributed by atoms with Crippen LogP contribution >= 0.6 is 0 Å². The van der Waals surface area contributed by atoms with E-state index in [0.29, 0.717) is 31.5 Å². The molecule has 0 spiro atoms. The highest BCUT2D eigenvalue weighted by atomic mass is 19.1. The number of esters is 1. The normalized spacial score (nSPS) is 14.3. The van der Waals surface area contributed by atoms with Crippen LogP contribution in [0.3, 0.4) is 0 Å². The summed E-state index contributed by atoms with van der Waals surface area (Å²) in [6, 6.07) is 9.37. The molecule has 0 saturated carbocycles. The van der Waals surface area contributed by atoms with Crippen molar-refractivity contribution in [3.63, 3.8) is 0 Å². The van der Waals surface area contributed by atoms with Crippen LogP contribution in [0.25, 0.3) is 0 Å². The van der Waals surface area contributed by atoms with Crippen molar-refractivity contribution in [3.8, 4) is 0 Å². The van der Waals surface area contributed by atoms with Gasteiger partial charge in [0.2, 0.25) is 0 Å². The molecule has 0 unspecified atom stereocenters. The van der Waals surface area contributed by atoms with Crippen LogP contribution in [0.15, 0.2) is 36.4 Å². The number of nitrogens with zero attached hydrogens (tertiary/aromatic N) is 1. The molecule has 1 fully saturated rings. The molecule has 0 bridgehead atoms. The zero-order valence-electron chi connectivity index (χ0n) is 18.0. The molecule has 1 saturated heterocycles. The van der Waals surface area contributed by atoms with E-state index in [1.54, 1.807) is 4.90 Å². The monoisotopic (exact) mass is 426 g/mol. The highest BCUT2D eigenvalue weighted by Crippen LogP contribution is 2.23. The van der Waals surface area contributed by atoms with Gasteiger partial charge in [-0.05, 0) is 69.0 Å². The molecule has 2 aromatic rings. The number of hydrogen-bond acceptors (Lipinski definition) is 4. The largest absolute Gasteiger partial charge is 0.455 e. The molecule has 1 aliphatic rings. The van der Waals surface area contributed by atoms with Crippen LogP contribution in [-0.2, 0) is 14.3 Å². The number of ether oxygens (including phenoxy) is 1.